The topological polar surface area (TPSA) is 76.9 Å². The molecule has 1 N–H and O–H groups in total. The van der Waals surface area contributed by atoms with Crippen LogP contribution in [-0.4, -0.2) is 20.7 Å². The predicted octanol–water partition coefficient (Wildman–Crippen LogP) is 1.28. The fourth-order valence-electron chi connectivity index (χ4n) is 1.37. The van der Waals surface area contributed by atoms with Crippen LogP contribution in [0, 0.1) is 6.92 Å². The Kier molecular flexibility index (Phi) is 3.52. The lowest BCUT2D eigenvalue weighted by Crippen LogP contribution is -2.25. The molecule has 0 saturated heterocycles. The van der Waals surface area contributed by atoms with Gasteiger partial charge in [0.1, 0.15) is 5.69 Å². The molecule has 0 atom stereocenters. The van der Waals surface area contributed by atoms with Crippen molar-refractivity contribution in [3.05, 3.63) is 39.3 Å². The number of aryl methyl sites for hydroxylation is 2. The molecule has 0 aliphatic rings. The Balaban J connectivity index is 2.21. The SMILES string of the molecule is CCn1nc(C(=O)Nc2ncc(C)s2)ccc1=O. The standard InChI is InChI=1S/C11H12N4O2S/c1-3-15-9(16)5-4-8(14-15)10(17)13-11-12-6-7(2)18-11/h4-6H,3H2,1-2H3,(H,12,13,17). The average molecular weight is 264 g/mol. The van der Waals surface area contributed by atoms with Crippen LogP contribution in [0.25, 0.3) is 0 Å². The van der Waals surface area contributed by atoms with Gasteiger partial charge in [0.05, 0.1) is 0 Å². The van der Waals surface area contributed by atoms with Crippen LogP contribution in [0.2, 0.25) is 0 Å². The number of aromatic nitrogens is 3. The predicted molar refractivity (Wildman–Crippen MR) is 69.0 cm³/mol. The van der Waals surface area contributed by atoms with E-state index in [0.29, 0.717) is 11.7 Å². The highest BCUT2D eigenvalue weighted by Crippen LogP contribution is 2.16. The molecule has 0 aliphatic heterocycles. The van der Waals surface area contributed by atoms with Gasteiger partial charge in [-0.25, -0.2) is 9.67 Å². The molecule has 0 saturated carbocycles. The molecule has 0 spiro atoms. The molecule has 0 bridgehead atoms. The number of hydrogen-bond donors (Lipinski definition) is 1. The summed E-state index contributed by atoms with van der Waals surface area (Å²) in [6.07, 6.45) is 1.68. The number of anilines is 1. The summed E-state index contributed by atoms with van der Waals surface area (Å²) in [6.45, 7) is 4.12. The minimum atomic E-state index is -0.369. The van der Waals surface area contributed by atoms with E-state index in [1.54, 1.807) is 13.1 Å². The van der Waals surface area contributed by atoms with Gasteiger partial charge in [0.15, 0.2) is 5.13 Å². The van der Waals surface area contributed by atoms with Crippen molar-refractivity contribution in [2.75, 3.05) is 5.32 Å². The summed E-state index contributed by atoms with van der Waals surface area (Å²) in [5.41, 5.74) is -0.0246. The molecule has 0 fully saturated rings. The van der Waals surface area contributed by atoms with E-state index in [-0.39, 0.29) is 17.2 Å². The van der Waals surface area contributed by atoms with E-state index in [4.69, 9.17) is 0 Å². The zero-order valence-corrected chi connectivity index (χ0v) is 10.8. The lowest BCUT2D eigenvalue weighted by atomic mass is 10.3. The number of carbonyl (C=O) groups excluding carboxylic acids is 1. The smallest absolute Gasteiger partial charge is 0.277 e. The van der Waals surface area contributed by atoms with E-state index in [1.807, 2.05) is 6.92 Å². The number of nitrogens with one attached hydrogen (secondary N) is 1. The second kappa shape index (κ2) is 5.09. The van der Waals surface area contributed by atoms with Gasteiger partial charge in [0.2, 0.25) is 0 Å². The van der Waals surface area contributed by atoms with Crippen LogP contribution in [0.15, 0.2) is 23.1 Å². The quantitative estimate of drug-likeness (QED) is 0.906. The van der Waals surface area contributed by atoms with Gasteiger partial charge in [-0.05, 0) is 19.9 Å². The van der Waals surface area contributed by atoms with Crippen LogP contribution < -0.4 is 10.9 Å². The van der Waals surface area contributed by atoms with Crippen molar-refractivity contribution in [2.24, 2.45) is 0 Å². The Hall–Kier alpha value is -2.02. The molecule has 6 nitrogen and oxygen atoms in total. The van der Waals surface area contributed by atoms with E-state index in [2.05, 4.69) is 15.4 Å². The minimum absolute atomic E-state index is 0.198. The lowest BCUT2D eigenvalue weighted by Gasteiger charge is -2.03. The summed E-state index contributed by atoms with van der Waals surface area (Å²) in [4.78, 5) is 28.3. The Bertz CT molecular complexity index is 632. The van der Waals surface area contributed by atoms with E-state index in [1.165, 1.54) is 28.2 Å². The molecule has 2 aromatic heterocycles. The maximum absolute atomic E-state index is 11.9. The number of rotatable bonds is 3. The van der Waals surface area contributed by atoms with Gasteiger partial charge in [-0.1, -0.05) is 0 Å². The average Bonchev–Trinajstić information content (AvgIpc) is 2.75. The molecule has 1 amide bonds. The summed E-state index contributed by atoms with van der Waals surface area (Å²) in [5, 5.41) is 7.12. The van der Waals surface area contributed by atoms with Crippen molar-refractivity contribution in [3.63, 3.8) is 0 Å². The van der Waals surface area contributed by atoms with Crippen molar-refractivity contribution in [2.45, 2.75) is 20.4 Å². The fraction of sp³-hybridized carbons (Fsp3) is 0.273. The highest BCUT2D eigenvalue weighted by atomic mass is 32.1. The van der Waals surface area contributed by atoms with Crippen molar-refractivity contribution in [1.29, 1.82) is 0 Å². The molecule has 2 aromatic rings. The first-order valence-corrected chi connectivity index (χ1v) is 6.23. The zero-order chi connectivity index (χ0) is 13.1. The molecule has 0 radical (unpaired) electrons. The van der Waals surface area contributed by atoms with Crippen molar-refractivity contribution in [3.8, 4) is 0 Å². The van der Waals surface area contributed by atoms with Crippen molar-refractivity contribution in [1.82, 2.24) is 14.8 Å². The maximum Gasteiger partial charge on any atom is 0.277 e. The number of hydrogen-bond acceptors (Lipinski definition) is 5. The van der Waals surface area contributed by atoms with E-state index in [9.17, 15) is 9.59 Å². The molecule has 2 heterocycles. The highest BCUT2D eigenvalue weighted by Gasteiger charge is 2.11. The van der Waals surface area contributed by atoms with Crippen LogP contribution in [0.1, 0.15) is 22.3 Å². The first-order valence-electron chi connectivity index (χ1n) is 5.42. The van der Waals surface area contributed by atoms with Gasteiger partial charge in [0.25, 0.3) is 11.5 Å². The first-order chi connectivity index (χ1) is 8.60. The zero-order valence-electron chi connectivity index (χ0n) is 10.0. The number of amides is 1. The summed E-state index contributed by atoms with van der Waals surface area (Å²) >= 11 is 1.38. The largest absolute Gasteiger partial charge is 0.296 e. The van der Waals surface area contributed by atoms with Gasteiger partial charge >= 0.3 is 0 Å². The molecule has 18 heavy (non-hydrogen) atoms. The number of nitrogens with zero attached hydrogens (tertiary/aromatic N) is 3. The number of carbonyl (C=O) groups is 1. The Morgan fingerprint density at radius 1 is 1.50 bits per heavy atom. The number of thiazole rings is 1. The van der Waals surface area contributed by atoms with Gasteiger partial charge in [0, 0.05) is 23.7 Å². The van der Waals surface area contributed by atoms with Gasteiger partial charge in [-0.2, -0.15) is 5.10 Å². The third-order valence-electron chi connectivity index (χ3n) is 2.24. The van der Waals surface area contributed by atoms with Crippen LogP contribution >= 0.6 is 11.3 Å². The Morgan fingerprint density at radius 3 is 2.89 bits per heavy atom. The summed E-state index contributed by atoms with van der Waals surface area (Å²) < 4.78 is 1.24. The molecular weight excluding hydrogens is 252 g/mol. The van der Waals surface area contributed by atoms with Gasteiger partial charge in [-0.15, -0.1) is 11.3 Å². The van der Waals surface area contributed by atoms with Crippen molar-refractivity contribution >= 4 is 22.4 Å². The third-order valence-corrected chi connectivity index (χ3v) is 3.07. The van der Waals surface area contributed by atoms with E-state index >= 15 is 0 Å². The molecule has 94 valence electrons. The maximum atomic E-state index is 11.9. The molecule has 7 heteroatoms. The van der Waals surface area contributed by atoms with E-state index in [0.717, 1.165) is 4.88 Å². The summed E-state index contributed by atoms with van der Waals surface area (Å²) in [5.74, 6) is -0.369. The second-order valence-corrected chi connectivity index (χ2v) is 4.84. The molecule has 0 aromatic carbocycles. The molecule has 0 aliphatic carbocycles. The normalized spacial score (nSPS) is 10.3. The molecule has 0 unspecified atom stereocenters. The van der Waals surface area contributed by atoms with Crippen LogP contribution in [-0.2, 0) is 6.54 Å². The molecular formula is C11H12N4O2S. The minimum Gasteiger partial charge on any atom is -0.296 e. The summed E-state index contributed by atoms with van der Waals surface area (Å²) in [7, 11) is 0. The van der Waals surface area contributed by atoms with Gasteiger partial charge in [-0.3, -0.25) is 14.9 Å². The van der Waals surface area contributed by atoms with Gasteiger partial charge < -0.3 is 0 Å². The van der Waals surface area contributed by atoms with Crippen molar-refractivity contribution < 1.29 is 4.79 Å². The summed E-state index contributed by atoms with van der Waals surface area (Å²) in [6, 6.07) is 2.74. The third kappa shape index (κ3) is 2.62. The fourth-order valence-corrected chi connectivity index (χ4v) is 2.03. The van der Waals surface area contributed by atoms with Crippen LogP contribution in [0.5, 0.6) is 0 Å². The Labute approximate surface area is 107 Å². The van der Waals surface area contributed by atoms with E-state index < -0.39 is 0 Å². The lowest BCUT2D eigenvalue weighted by molar-refractivity contribution is 0.102. The molecule has 2 rings (SSSR count). The van der Waals surface area contributed by atoms with Crippen LogP contribution in [0.3, 0.4) is 0 Å². The second-order valence-electron chi connectivity index (χ2n) is 3.60. The monoisotopic (exact) mass is 264 g/mol. The van der Waals surface area contributed by atoms with Crippen LogP contribution in [0.4, 0.5) is 5.13 Å². The first kappa shape index (κ1) is 12.4. The Morgan fingerprint density at radius 2 is 2.28 bits per heavy atom. The highest BCUT2D eigenvalue weighted by molar-refractivity contribution is 7.15.